The van der Waals surface area contributed by atoms with Crippen LogP contribution in [0.25, 0.3) is 5.78 Å². The molecule has 0 atom stereocenters. The Morgan fingerprint density at radius 1 is 1.22 bits per heavy atom. The lowest BCUT2D eigenvalue weighted by atomic mass is 9.99. The molecule has 1 aliphatic rings. The molecule has 0 radical (unpaired) electrons. The van der Waals surface area contributed by atoms with E-state index in [0.717, 1.165) is 30.3 Å². The zero-order valence-electron chi connectivity index (χ0n) is 15.3. The van der Waals surface area contributed by atoms with Crippen LogP contribution in [0.3, 0.4) is 0 Å². The molecular weight excluding hydrogens is 364 g/mol. The van der Waals surface area contributed by atoms with Crippen molar-refractivity contribution in [2.75, 3.05) is 18.4 Å². The van der Waals surface area contributed by atoms with Gasteiger partial charge in [0.25, 0.3) is 11.3 Å². The van der Waals surface area contributed by atoms with Gasteiger partial charge in [0.15, 0.2) is 0 Å². The lowest BCUT2D eigenvalue weighted by molar-refractivity contribution is 0.183. The third-order valence-electron chi connectivity index (χ3n) is 5.02. The maximum absolute atomic E-state index is 12.4. The maximum atomic E-state index is 12.4. The second-order valence-electron chi connectivity index (χ2n) is 7.23. The molecule has 2 N–H and O–H groups in total. The molecule has 1 aliphatic heterocycles. The monoisotopic (exact) mass is 386 g/mol. The van der Waals surface area contributed by atoms with Crippen molar-refractivity contribution in [1.29, 1.82) is 0 Å². The quantitative estimate of drug-likeness (QED) is 0.704. The van der Waals surface area contributed by atoms with Gasteiger partial charge >= 0.3 is 0 Å². The van der Waals surface area contributed by atoms with E-state index in [1.54, 1.807) is 6.07 Å². The third kappa shape index (κ3) is 4.31. The van der Waals surface area contributed by atoms with Gasteiger partial charge < -0.3 is 5.32 Å². The standard InChI is InChI=1S/C19H23ClN6O/c1-13-6-8-25(9-7-13)12-16-10-17(27)26-19(22-16)23-18(24-26)21-11-14-2-4-15(20)5-3-14/h2-5,10,13H,6-9,11-12H2,1H3,(H2,21,22,23,24). The minimum Gasteiger partial charge on any atom is -0.351 e. The number of piperidine rings is 1. The first-order valence-corrected chi connectivity index (χ1v) is 9.64. The van der Waals surface area contributed by atoms with E-state index in [2.05, 4.69) is 32.2 Å². The molecule has 1 fully saturated rings. The molecule has 0 amide bonds. The zero-order chi connectivity index (χ0) is 18.8. The van der Waals surface area contributed by atoms with Gasteiger partial charge in [0.2, 0.25) is 5.95 Å². The highest BCUT2D eigenvalue weighted by Gasteiger charge is 2.17. The van der Waals surface area contributed by atoms with Gasteiger partial charge in [0.1, 0.15) is 0 Å². The van der Waals surface area contributed by atoms with Gasteiger partial charge in [0.05, 0.1) is 5.69 Å². The summed E-state index contributed by atoms with van der Waals surface area (Å²) in [5, 5.41) is 6.85. The van der Waals surface area contributed by atoms with Crippen molar-refractivity contribution in [3.05, 3.63) is 57.0 Å². The fourth-order valence-electron chi connectivity index (χ4n) is 3.32. The minimum atomic E-state index is -0.146. The number of rotatable bonds is 5. The van der Waals surface area contributed by atoms with Crippen molar-refractivity contribution in [3.63, 3.8) is 0 Å². The molecule has 3 heterocycles. The molecule has 4 rings (SSSR count). The normalized spacial score (nSPS) is 16.1. The van der Waals surface area contributed by atoms with Crippen LogP contribution in [0.4, 0.5) is 5.95 Å². The van der Waals surface area contributed by atoms with Gasteiger partial charge in [-0.2, -0.15) is 9.50 Å². The lowest BCUT2D eigenvalue weighted by Crippen LogP contribution is -2.33. The van der Waals surface area contributed by atoms with Crippen LogP contribution in [0.1, 0.15) is 31.0 Å². The number of fused-ring (bicyclic) bond motifs is 1. The van der Waals surface area contributed by atoms with Crippen LogP contribution in [0, 0.1) is 5.92 Å². The minimum absolute atomic E-state index is 0.146. The number of H-pyrrole nitrogens is 1. The SMILES string of the molecule is CC1CCN(Cc2cc(=O)n3[nH]c(NCc4ccc(Cl)cc4)nc3n2)CC1. The van der Waals surface area contributed by atoms with Crippen LogP contribution in [0.5, 0.6) is 0 Å². The summed E-state index contributed by atoms with van der Waals surface area (Å²) < 4.78 is 1.37. The van der Waals surface area contributed by atoms with E-state index in [-0.39, 0.29) is 5.56 Å². The molecule has 1 saturated heterocycles. The van der Waals surface area contributed by atoms with Crippen LogP contribution in [-0.2, 0) is 13.1 Å². The zero-order valence-corrected chi connectivity index (χ0v) is 16.0. The highest BCUT2D eigenvalue weighted by Crippen LogP contribution is 2.17. The largest absolute Gasteiger partial charge is 0.351 e. The highest BCUT2D eigenvalue weighted by atomic mass is 35.5. The Morgan fingerprint density at radius 3 is 2.70 bits per heavy atom. The van der Waals surface area contributed by atoms with Gasteiger partial charge in [-0.05, 0) is 49.5 Å². The fraction of sp³-hybridized carbons (Fsp3) is 0.421. The van der Waals surface area contributed by atoms with Crippen LogP contribution >= 0.6 is 11.6 Å². The average molecular weight is 387 g/mol. The van der Waals surface area contributed by atoms with Gasteiger partial charge in [-0.1, -0.05) is 30.7 Å². The van der Waals surface area contributed by atoms with E-state index >= 15 is 0 Å². The van der Waals surface area contributed by atoms with Crippen molar-refractivity contribution >= 4 is 23.3 Å². The van der Waals surface area contributed by atoms with Crippen molar-refractivity contribution in [2.45, 2.75) is 32.9 Å². The van der Waals surface area contributed by atoms with Crippen LogP contribution in [-0.4, -0.2) is 37.6 Å². The van der Waals surface area contributed by atoms with Crippen molar-refractivity contribution in [2.24, 2.45) is 5.92 Å². The Morgan fingerprint density at radius 2 is 1.96 bits per heavy atom. The first-order chi connectivity index (χ1) is 13.1. The van der Waals surface area contributed by atoms with E-state index in [1.807, 2.05) is 24.3 Å². The number of anilines is 1. The first kappa shape index (κ1) is 18.0. The van der Waals surface area contributed by atoms with Gasteiger partial charge in [0, 0.05) is 24.2 Å². The van der Waals surface area contributed by atoms with Crippen LogP contribution < -0.4 is 10.9 Å². The molecule has 0 aliphatic carbocycles. The second kappa shape index (κ2) is 7.70. The summed E-state index contributed by atoms with van der Waals surface area (Å²) in [6.45, 7) is 5.66. The van der Waals surface area contributed by atoms with E-state index in [0.29, 0.717) is 29.8 Å². The number of aromatic nitrogens is 4. The Bertz CT molecular complexity index is 972. The predicted molar refractivity (Wildman–Crippen MR) is 106 cm³/mol. The number of hydrogen-bond donors (Lipinski definition) is 2. The number of nitrogens with zero attached hydrogens (tertiary/aromatic N) is 4. The topological polar surface area (TPSA) is 78.3 Å². The molecular formula is C19H23ClN6O. The van der Waals surface area contributed by atoms with Crippen LogP contribution in [0.15, 0.2) is 35.1 Å². The molecule has 0 spiro atoms. The Balaban J connectivity index is 1.47. The smallest absolute Gasteiger partial charge is 0.274 e. The number of halogens is 1. The number of aromatic amines is 1. The molecule has 2 aromatic heterocycles. The summed E-state index contributed by atoms with van der Waals surface area (Å²) in [6.07, 6.45) is 2.39. The first-order valence-electron chi connectivity index (χ1n) is 9.26. The van der Waals surface area contributed by atoms with Gasteiger partial charge in [-0.25, -0.2) is 4.98 Å². The Kier molecular flexibility index (Phi) is 5.13. The molecule has 0 unspecified atom stereocenters. The van der Waals surface area contributed by atoms with E-state index in [4.69, 9.17) is 11.6 Å². The molecule has 3 aromatic rings. The molecule has 142 valence electrons. The third-order valence-corrected chi connectivity index (χ3v) is 5.27. The highest BCUT2D eigenvalue weighted by molar-refractivity contribution is 6.30. The van der Waals surface area contributed by atoms with E-state index < -0.39 is 0 Å². The van der Waals surface area contributed by atoms with E-state index in [9.17, 15) is 4.79 Å². The number of likely N-dealkylation sites (tertiary alicyclic amines) is 1. The fourth-order valence-corrected chi connectivity index (χ4v) is 3.45. The summed E-state index contributed by atoms with van der Waals surface area (Å²) in [4.78, 5) is 23.7. The molecule has 7 nitrogen and oxygen atoms in total. The van der Waals surface area contributed by atoms with Crippen molar-refractivity contribution in [1.82, 2.24) is 24.5 Å². The number of benzene rings is 1. The molecule has 1 aromatic carbocycles. The summed E-state index contributed by atoms with van der Waals surface area (Å²) in [5.41, 5.74) is 1.69. The molecule has 0 saturated carbocycles. The molecule has 8 heteroatoms. The summed E-state index contributed by atoms with van der Waals surface area (Å²) in [5.74, 6) is 1.68. The summed E-state index contributed by atoms with van der Waals surface area (Å²) >= 11 is 5.90. The van der Waals surface area contributed by atoms with Gasteiger partial charge in [-0.15, -0.1) is 0 Å². The average Bonchev–Trinajstić information content (AvgIpc) is 3.07. The van der Waals surface area contributed by atoms with Gasteiger partial charge in [-0.3, -0.25) is 14.8 Å². The number of hydrogen-bond acceptors (Lipinski definition) is 5. The lowest BCUT2D eigenvalue weighted by Gasteiger charge is -2.29. The Labute approximate surface area is 162 Å². The summed E-state index contributed by atoms with van der Waals surface area (Å²) in [7, 11) is 0. The maximum Gasteiger partial charge on any atom is 0.274 e. The second-order valence-corrected chi connectivity index (χ2v) is 7.67. The molecule has 27 heavy (non-hydrogen) atoms. The van der Waals surface area contributed by atoms with Crippen LogP contribution in [0.2, 0.25) is 5.02 Å². The number of nitrogens with one attached hydrogen (secondary N) is 2. The van der Waals surface area contributed by atoms with Crippen molar-refractivity contribution in [3.8, 4) is 0 Å². The molecule has 0 bridgehead atoms. The predicted octanol–water partition coefficient (Wildman–Crippen LogP) is 2.92. The Hall–Kier alpha value is -2.38. The van der Waals surface area contributed by atoms with Crippen molar-refractivity contribution < 1.29 is 0 Å². The summed E-state index contributed by atoms with van der Waals surface area (Å²) in [6, 6.07) is 9.17. The van der Waals surface area contributed by atoms with E-state index in [1.165, 1.54) is 17.4 Å².